The minimum Gasteiger partial charge on any atom is -1.00 e. The smallest absolute Gasteiger partial charge is 1.00 e. The van der Waals surface area contributed by atoms with Crippen LogP contribution in [-0.4, -0.2) is 19.0 Å². The monoisotopic (exact) mass is 574 g/mol. The van der Waals surface area contributed by atoms with Crippen molar-refractivity contribution in [3.05, 3.63) is 65.0 Å². The Bertz CT molecular complexity index is 745. The number of fused-ring (bicyclic) bond motifs is 6. The van der Waals surface area contributed by atoms with E-state index < -0.39 is 22.9 Å². The van der Waals surface area contributed by atoms with E-state index in [1.807, 2.05) is 5.31 Å². The Hall–Kier alpha value is 0.750. The average Bonchev–Trinajstić information content (AvgIpc) is 3.11. The molecule has 7 atom stereocenters. The molecule has 0 N–H and O–H groups in total. The molecule has 1 aliphatic heterocycles. The molecule has 4 aliphatic rings. The van der Waals surface area contributed by atoms with Crippen LogP contribution in [0.4, 0.5) is 0 Å². The number of halogens is 2. The van der Waals surface area contributed by atoms with Crippen LogP contribution in [0.2, 0.25) is 3.67 Å². The third-order valence-corrected chi connectivity index (χ3v) is 23.8. The standard InChI is InChI=1S/C20H22P2.2ClH.Hf/c1-21(19-11-15-7-3-4-8-16(15)12-19)22(2)20-13-17-9-5-6-10-18(17)14-20;;;/h3-13,17-18,20H,14H2,1-2H3;2*1H;/q;;;+2/p-2. The topological polar surface area (TPSA) is 0 Å². The predicted octanol–water partition coefficient (Wildman–Crippen LogP) is 0.244. The summed E-state index contributed by atoms with van der Waals surface area (Å²) in [6.07, 6.45) is 13.9. The molecule has 3 aliphatic carbocycles. The first kappa shape index (κ1) is 20.5. The van der Waals surface area contributed by atoms with Crippen molar-refractivity contribution in [1.29, 1.82) is 0 Å². The van der Waals surface area contributed by atoms with Gasteiger partial charge in [-0.1, -0.05) is 0 Å². The van der Waals surface area contributed by atoms with Gasteiger partial charge in [0.1, 0.15) is 0 Å². The average molecular weight is 574 g/mol. The van der Waals surface area contributed by atoms with E-state index in [4.69, 9.17) is 0 Å². The Balaban J connectivity index is 0.000000911. The molecule has 7 unspecified atom stereocenters. The molecule has 1 saturated heterocycles. The first-order valence-corrected chi connectivity index (χ1v) is 17.1. The van der Waals surface area contributed by atoms with Gasteiger partial charge >= 0.3 is 154 Å². The molecule has 0 aromatic heterocycles. The van der Waals surface area contributed by atoms with Crippen LogP contribution in [0.1, 0.15) is 21.2 Å². The largest absolute Gasteiger partial charge is 1.00 e. The van der Waals surface area contributed by atoms with Gasteiger partial charge in [-0.2, -0.15) is 0 Å². The van der Waals surface area contributed by atoms with Crippen LogP contribution in [0.15, 0.2) is 53.9 Å². The normalized spacial score (nSPS) is 39.1. The van der Waals surface area contributed by atoms with Crippen molar-refractivity contribution in [1.82, 2.24) is 0 Å². The fraction of sp³-hybridized carbons (Fsp3) is 0.400. The summed E-state index contributed by atoms with van der Waals surface area (Å²) in [5, 5.41) is 1.90. The molecular formula is C20H22Cl2HfP2. The zero-order valence-electron chi connectivity index (χ0n) is 14.4. The number of rotatable bonds is 0. The van der Waals surface area contributed by atoms with E-state index in [-0.39, 0.29) is 40.0 Å². The van der Waals surface area contributed by atoms with Crippen molar-refractivity contribution < 1.29 is 47.7 Å². The van der Waals surface area contributed by atoms with Crippen molar-refractivity contribution >= 4 is 21.3 Å². The quantitative estimate of drug-likeness (QED) is 0.309. The first-order valence-electron chi connectivity index (χ1n) is 8.62. The first-order chi connectivity index (χ1) is 11.2. The molecule has 0 amide bonds. The summed E-state index contributed by atoms with van der Waals surface area (Å²) in [6, 6.07) is 9.31. The van der Waals surface area contributed by atoms with Crippen molar-refractivity contribution in [3.8, 4) is 0 Å². The minimum atomic E-state index is -0.736. The van der Waals surface area contributed by atoms with Gasteiger partial charge in [-0.15, -0.1) is 0 Å². The predicted molar refractivity (Wildman–Crippen MR) is 100 cm³/mol. The second-order valence-electron chi connectivity index (χ2n) is 7.23. The third kappa shape index (κ3) is 3.25. The molecule has 0 radical (unpaired) electrons. The van der Waals surface area contributed by atoms with E-state index in [1.165, 1.54) is 6.42 Å². The Morgan fingerprint density at radius 3 is 2.64 bits per heavy atom. The van der Waals surface area contributed by atoms with Crippen molar-refractivity contribution in [3.63, 3.8) is 0 Å². The van der Waals surface area contributed by atoms with Gasteiger partial charge in [0.15, 0.2) is 0 Å². The molecule has 1 aromatic rings. The Morgan fingerprint density at radius 2 is 1.80 bits per heavy atom. The zero-order valence-corrected chi connectivity index (χ0v) is 21.3. The summed E-state index contributed by atoms with van der Waals surface area (Å²) in [4.78, 5) is 0. The van der Waals surface area contributed by atoms with E-state index in [2.05, 4.69) is 68.0 Å². The van der Waals surface area contributed by atoms with Crippen LogP contribution in [0.25, 0.3) is 6.08 Å². The van der Waals surface area contributed by atoms with E-state index >= 15 is 0 Å². The maximum absolute atomic E-state index is 2.65. The molecule has 0 spiro atoms. The summed E-state index contributed by atoms with van der Waals surface area (Å²) in [6.45, 7) is 5.27. The van der Waals surface area contributed by atoms with E-state index in [1.54, 1.807) is 11.1 Å². The molecule has 0 nitrogen and oxygen atoms in total. The molecule has 1 aromatic carbocycles. The van der Waals surface area contributed by atoms with Gasteiger partial charge in [-0.3, -0.25) is 0 Å². The van der Waals surface area contributed by atoms with Gasteiger partial charge < -0.3 is 24.8 Å². The van der Waals surface area contributed by atoms with Gasteiger partial charge in [0.2, 0.25) is 0 Å². The molecule has 25 heavy (non-hydrogen) atoms. The molecule has 2 fully saturated rings. The van der Waals surface area contributed by atoms with Crippen LogP contribution in [0.5, 0.6) is 0 Å². The Morgan fingerprint density at radius 1 is 1.04 bits per heavy atom. The minimum absolute atomic E-state index is 0. The fourth-order valence-electron chi connectivity index (χ4n) is 4.94. The number of benzene rings is 1. The van der Waals surface area contributed by atoms with Gasteiger partial charge in [0.25, 0.3) is 0 Å². The summed E-state index contributed by atoms with van der Waals surface area (Å²) in [7, 11) is 0.287. The summed E-state index contributed by atoms with van der Waals surface area (Å²) < 4.78 is 2.02. The van der Waals surface area contributed by atoms with Crippen LogP contribution in [0, 0.1) is 11.8 Å². The third-order valence-electron chi connectivity index (χ3n) is 6.23. The maximum atomic E-state index is 2.65. The van der Waals surface area contributed by atoms with Crippen molar-refractivity contribution in [2.45, 2.75) is 19.4 Å². The van der Waals surface area contributed by atoms with Crippen molar-refractivity contribution in [2.75, 3.05) is 13.3 Å². The van der Waals surface area contributed by atoms with Crippen LogP contribution >= 0.6 is 15.2 Å². The van der Waals surface area contributed by atoms with Gasteiger partial charge in [-0.25, -0.2) is 0 Å². The SMILES string of the molecule is CP1C2=Cc3ccccc3[CH]2[Hf+2][CH]2C3C=CC=CC3CC2P1C.[Cl-].[Cl-]. The van der Waals surface area contributed by atoms with E-state index in [9.17, 15) is 0 Å². The van der Waals surface area contributed by atoms with Crippen LogP contribution < -0.4 is 24.8 Å². The molecule has 1 heterocycles. The van der Waals surface area contributed by atoms with Crippen LogP contribution in [0.3, 0.4) is 0 Å². The zero-order chi connectivity index (χ0) is 15.6. The van der Waals surface area contributed by atoms with E-state index in [0.29, 0.717) is 0 Å². The van der Waals surface area contributed by atoms with Gasteiger partial charge in [0.05, 0.1) is 0 Å². The molecule has 5 rings (SSSR count). The second kappa shape index (κ2) is 8.01. The van der Waals surface area contributed by atoms with Gasteiger partial charge in [0, 0.05) is 0 Å². The Labute approximate surface area is 177 Å². The second-order valence-corrected chi connectivity index (χ2v) is 20.0. The summed E-state index contributed by atoms with van der Waals surface area (Å²) >= 11 is -0.736. The molecule has 1 saturated carbocycles. The Kier molecular flexibility index (Phi) is 6.56. The summed E-state index contributed by atoms with van der Waals surface area (Å²) in [5.74, 6) is 1.77. The van der Waals surface area contributed by atoms with Crippen molar-refractivity contribution in [2.24, 2.45) is 11.8 Å². The van der Waals surface area contributed by atoms with Crippen LogP contribution in [-0.2, 0) is 22.9 Å². The van der Waals surface area contributed by atoms with E-state index in [0.717, 1.165) is 24.8 Å². The number of hydrogen-bond donors (Lipinski definition) is 0. The summed E-state index contributed by atoms with van der Waals surface area (Å²) in [5.41, 5.74) is 4.35. The number of hydrogen-bond acceptors (Lipinski definition) is 0. The number of allylic oxidation sites excluding steroid dienone is 5. The maximum Gasteiger partial charge on any atom is -1.00 e. The fourth-order valence-corrected chi connectivity index (χ4v) is 27.1. The molecule has 0 bridgehead atoms. The molecule has 5 heteroatoms. The van der Waals surface area contributed by atoms with Gasteiger partial charge in [-0.05, 0) is 0 Å². The molecular weight excluding hydrogens is 552 g/mol. The molecule has 130 valence electrons.